The van der Waals surface area contributed by atoms with Crippen molar-refractivity contribution in [3.8, 4) is 0 Å². The highest BCUT2D eigenvalue weighted by Gasteiger charge is 2.31. The lowest BCUT2D eigenvalue weighted by Gasteiger charge is -2.27. The maximum absolute atomic E-state index is 12.8. The van der Waals surface area contributed by atoms with Gasteiger partial charge in [-0.25, -0.2) is 9.18 Å². The summed E-state index contributed by atoms with van der Waals surface area (Å²) >= 11 is 0. The van der Waals surface area contributed by atoms with Crippen LogP contribution in [0.3, 0.4) is 0 Å². The molecule has 0 saturated heterocycles. The number of ether oxygens (including phenoxy) is 1. The molecule has 0 bridgehead atoms. The van der Waals surface area contributed by atoms with Crippen LogP contribution in [-0.2, 0) is 4.74 Å². The zero-order valence-corrected chi connectivity index (χ0v) is 11.1. The Morgan fingerprint density at radius 2 is 1.85 bits per heavy atom. The molecule has 1 aromatic rings. The van der Waals surface area contributed by atoms with E-state index in [1.165, 1.54) is 24.3 Å². The maximum atomic E-state index is 12.8. The number of nitrogens with zero attached hydrogens (tertiary/aromatic N) is 1. The highest BCUT2D eigenvalue weighted by Crippen LogP contribution is 2.22. The molecule has 1 atom stereocenters. The summed E-state index contributed by atoms with van der Waals surface area (Å²) in [6.45, 7) is 1.80. The highest BCUT2D eigenvalue weighted by atomic mass is 19.4. The summed E-state index contributed by atoms with van der Waals surface area (Å²) in [5.41, 5.74) is 0.609. The summed E-state index contributed by atoms with van der Waals surface area (Å²) < 4.78 is 53.1. The Labute approximate surface area is 114 Å². The zero-order valence-electron chi connectivity index (χ0n) is 11.1. The van der Waals surface area contributed by atoms with Gasteiger partial charge >= 0.3 is 12.3 Å². The van der Waals surface area contributed by atoms with Crippen molar-refractivity contribution in [1.82, 2.24) is 4.90 Å². The van der Waals surface area contributed by atoms with Crippen LogP contribution < -0.4 is 0 Å². The van der Waals surface area contributed by atoms with Crippen molar-refractivity contribution >= 4 is 6.09 Å². The molecule has 0 saturated carbocycles. The number of halogens is 4. The van der Waals surface area contributed by atoms with Crippen molar-refractivity contribution in [3.05, 3.63) is 35.6 Å². The highest BCUT2D eigenvalue weighted by molar-refractivity contribution is 5.68. The van der Waals surface area contributed by atoms with E-state index in [1.54, 1.807) is 13.8 Å². The number of carbonyl (C=O) groups is 1. The smallest absolute Gasteiger partial charge is 0.422 e. The topological polar surface area (TPSA) is 29.5 Å². The lowest BCUT2D eigenvalue weighted by Crippen LogP contribution is -2.36. The molecule has 0 fully saturated rings. The van der Waals surface area contributed by atoms with Crippen molar-refractivity contribution in [2.75, 3.05) is 13.2 Å². The van der Waals surface area contributed by atoms with Gasteiger partial charge in [-0.3, -0.25) is 0 Å². The van der Waals surface area contributed by atoms with Crippen molar-refractivity contribution < 1.29 is 27.1 Å². The Hall–Kier alpha value is -1.79. The van der Waals surface area contributed by atoms with Gasteiger partial charge in [0.15, 0.2) is 6.61 Å². The SMILES string of the molecule is CCN(C(=O)OCC(F)(F)F)C(C)c1ccc(F)cc1. The summed E-state index contributed by atoms with van der Waals surface area (Å²) in [5, 5.41) is 0. The summed E-state index contributed by atoms with van der Waals surface area (Å²) in [5.74, 6) is -0.427. The van der Waals surface area contributed by atoms with Gasteiger partial charge in [-0.05, 0) is 31.5 Å². The Morgan fingerprint density at radius 3 is 2.30 bits per heavy atom. The molecule has 20 heavy (non-hydrogen) atoms. The van der Waals surface area contributed by atoms with Crippen molar-refractivity contribution in [1.29, 1.82) is 0 Å². The molecule has 0 radical (unpaired) electrons. The molecule has 1 rings (SSSR count). The zero-order chi connectivity index (χ0) is 15.3. The molecule has 0 aromatic heterocycles. The molecular weight excluding hydrogens is 278 g/mol. The van der Waals surface area contributed by atoms with E-state index in [9.17, 15) is 22.4 Å². The number of hydrogen-bond donors (Lipinski definition) is 0. The second kappa shape index (κ2) is 6.58. The van der Waals surface area contributed by atoms with Crippen LogP contribution in [0.15, 0.2) is 24.3 Å². The number of benzene rings is 1. The van der Waals surface area contributed by atoms with Crippen LogP contribution >= 0.6 is 0 Å². The third-order valence-corrected chi connectivity index (χ3v) is 2.75. The van der Waals surface area contributed by atoms with Crippen LogP contribution in [0.4, 0.5) is 22.4 Å². The number of rotatable bonds is 4. The quantitative estimate of drug-likeness (QED) is 0.788. The first-order valence-electron chi connectivity index (χ1n) is 6.00. The number of alkyl halides is 3. The molecule has 0 N–H and O–H groups in total. The monoisotopic (exact) mass is 293 g/mol. The van der Waals surface area contributed by atoms with Gasteiger partial charge in [0.25, 0.3) is 0 Å². The molecule has 0 aliphatic carbocycles. The molecular formula is C13H15F4NO2. The van der Waals surface area contributed by atoms with Gasteiger partial charge in [0.2, 0.25) is 0 Å². The first kappa shape index (κ1) is 16.3. The fourth-order valence-electron chi connectivity index (χ4n) is 1.71. The van der Waals surface area contributed by atoms with Gasteiger partial charge in [0.1, 0.15) is 5.82 Å². The third-order valence-electron chi connectivity index (χ3n) is 2.75. The van der Waals surface area contributed by atoms with Gasteiger partial charge in [-0.15, -0.1) is 0 Å². The van der Waals surface area contributed by atoms with Crippen LogP contribution in [0.5, 0.6) is 0 Å². The molecule has 7 heteroatoms. The van der Waals surface area contributed by atoms with Crippen LogP contribution in [0.1, 0.15) is 25.5 Å². The lowest BCUT2D eigenvalue weighted by molar-refractivity contribution is -0.162. The molecule has 3 nitrogen and oxygen atoms in total. The van der Waals surface area contributed by atoms with Crippen LogP contribution in [0.2, 0.25) is 0 Å². The van der Waals surface area contributed by atoms with Gasteiger partial charge in [-0.2, -0.15) is 13.2 Å². The minimum atomic E-state index is -4.56. The molecule has 1 aromatic carbocycles. The molecule has 0 heterocycles. The number of amides is 1. The van der Waals surface area contributed by atoms with Gasteiger partial charge in [0.05, 0.1) is 6.04 Å². The van der Waals surface area contributed by atoms with E-state index in [0.717, 1.165) is 4.90 Å². The largest absolute Gasteiger partial charge is 0.440 e. The van der Waals surface area contributed by atoms with E-state index < -0.39 is 30.7 Å². The number of hydrogen-bond acceptors (Lipinski definition) is 2. The Morgan fingerprint density at radius 1 is 1.30 bits per heavy atom. The summed E-state index contributed by atoms with van der Waals surface area (Å²) in [7, 11) is 0. The van der Waals surface area contributed by atoms with E-state index in [4.69, 9.17) is 0 Å². The van der Waals surface area contributed by atoms with Crippen LogP contribution in [0, 0.1) is 5.82 Å². The van der Waals surface area contributed by atoms with Gasteiger partial charge in [-0.1, -0.05) is 12.1 Å². The van der Waals surface area contributed by atoms with Gasteiger partial charge < -0.3 is 9.64 Å². The average Bonchev–Trinajstić information content (AvgIpc) is 2.37. The minimum Gasteiger partial charge on any atom is -0.440 e. The van der Waals surface area contributed by atoms with Crippen molar-refractivity contribution in [2.45, 2.75) is 26.1 Å². The normalized spacial score (nSPS) is 12.9. The van der Waals surface area contributed by atoms with Crippen LogP contribution in [-0.4, -0.2) is 30.3 Å². The minimum absolute atomic E-state index is 0.176. The summed E-state index contributed by atoms with van der Waals surface area (Å²) in [6.07, 6.45) is -5.62. The second-order valence-electron chi connectivity index (χ2n) is 4.18. The standard InChI is InChI=1S/C13H15F4NO2/c1-3-18(12(19)20-8-13(15,16)17)9(2)10-4-6-11(14)7-5-10/h4-7,9H,3,8H2,1-2H3. The molecule has 1 unspecified atom stereocenters. The van der Waals surface area contributed by atoms with E-state index in [2.05, 4.69) is 4.74 Å². The Balaban J connectivity index is 2.74. The van der Waals surface area contributed by atoms with Crippen molar-refractivity contribution in [2.24, 2.45) is 0 Å². The fourth-order valence-corrected chi connectivity index (χ4v) is 1.71. The van der Waals surface area contributed by atoms with Crippen LogP contribution in [0.25, 0.3) is 0 Å². The predicted octanol–water partition coefficient (Wildman–Crippen LogP) is 3.91. The first-order chi connectivity index (χ1) is 9.24. The Kier molecular flexibility index (Phi) is 5.35. The maximum Gasteiger partial charge on any atom is 0.422 e. The first-order valence-corrected chi connectivity index (χ1v) is 6.00. The summed E-state index contributed by atoms with van der Waals surface area (Å²) in [6, 6.07) is 4.88. The van der Waals surface area contributed by atoms with E-state index in [0.29, 0.717) is 5.56 Å². The third kappa shape index (κ3) is 4.71. The van der Waals surface area contributed by atoms with Crippen molar-refractivity contribution in [3.63, 3.8) is 0 Å². The molecule has 112 valence electrons. The van der Waals surface area contributed by atoms with E-state index in [-0.39, 0.29) is 6.54 Å². The molecule has 0 spiro atoms. The molecule has 1 amide bonds. The van der Waals surface area contributed by atoms with E-state index >= 15 is 0 Å². The number of carbonyl (C=O) groups excluding carboxylic acids is 1. The average molecular weight is 293 g/mol. The predicted molar refractivity (Wildman–Crippen MR) is 64.6 cm³/mol. The van der Waals surface area contributed by atoms with E-state index in [1.807, 2.05) is 0 Å². The summed E-state index contributed by atoms with van der Waals surface area (Å²) in [4.78, 5) is 12.8. The van der Waals surface area contributed by atoms with Gasteiger partial charge in [0, 0.05) is 6.54 Å². The molecule has 0 aliphatic heterocycles. The molecule has 0 aliphatic rings. The second-order valence-corrected chi connectivity index (χ2v) is 4.18. The lowest BCUT2D eigenvalue weighted by atomic mass is 10.1. The Bertz CT molecular complexity index is 445. The fraction of sp³-hybridized carbons (Fsp3) is 0.462.